The molecular weight excluding hydrogens is 202 g/mol. The van der Waals surface area contributed by atoms with Crippen LogP contribution < -0.4 is 10.5 Å². The van der Waals surface area contributed by atoms with Crippen LogP contribution in [0.1, 0.15) is 0 Å². The molecule has 1 heterocycles. The van der Waals surface area contributed by atoms with Crippen LogP contribution in [0.15, 0.2) is 42.7 Å². The highest BCUT2D eigenvalue weighted by atomic mass is 16.5. The van der Waals surface area contributed by atoms with Crippen LogP contribution in [-0.4, -0.2) is 23.1 Å². The average molecular weight is 215 g/mol. The van der Waals surface area contributed by atoms with E-state index in [0.717, 1.165) is 11.1 Å². The largest absolute Gasteiger partial charge is 0.462 e. The smallest absolute Gasteiger partial charge is 0.316 e. The molecule has 0 radical (unpaired) electrons. The Morgan fingerprint density at radius 1 is 1.00 bits per heavy atom. The molecule has 16 heavy (non-hydrogen) atoms. The zero-order valence-electron chi connectivity index (χ0n) is 8.84. The van der Waals surface area contributed by atoms with Gasteiger partial charge in [0.05, 0.1) is 0 Å². The number of benzene rings is 1. The van der Waals surface area contributed by atoms with Crippen molar-refractivity contribution in [3.8, 4) is 17.1 Å². The quantitative estimate of drug-likeness (QED) is 0.839. The normalized spacial score (nSPS) is 10.1. The van der Waals surface area contributed by atoms with Crippen LogP contribution >= 0.6 is 0 Å². The van der Waals surface area contributed by atoms with Crippen molar-refractivity contribution in [2.75, 3.05) is 13.2 Å². The fourth-order valence-corrected chi connectivity index (χ4v) is 1.32. The summed E-state index contributed by atoms with van der Waals surface area (Å²) in [6, 6.07) is 10.3. The highest BCUT2D eigenvalue weighted by Crippen LogP contribution is 2.17. The Hall–Kier alpha value is -1.94. The maximum absolute atomic E-state index is 5.32. The summed E-state index contributed by atoms with van der Waals surface area (Å²) in [6.45, 7) is 0.897. The van der Waals surface area contributed by atoms with Crippen molar-refractivity contribution in [3.63, 3.8) is 0 Å². The Labute approximate surface area is 94.1 Å². The van der Waals surface area contributed by atoms with Crippen LogP contribution in [0.3, 0.4) is 0 Å². The molecule has 4 heteroatoms. The number of rotatable bonds is 4. The maximum Gasteiger partial charge on any atom is 0.316 e. The second-order valence-electron chi connectivity index (χ2n) is 3.26. The van der Waals surface area contributed by atoms with Gasteiger partial charge < -0.3 is 10.5 Å². The van der Waals surface area contributed by atoms with Gasteiger partial charge in [-0.2, -0.15) is 0 Å². The van der Waals surface area contributed by atoms with E-state index in [-0.39, 0.29) is 0 Å². The molecule has 0 saturated heterocycles. The molecule has 2 rings (SSSR count). The zero-order valence-corrected chi connectivity index (χ0v) is 8.84. The molecule has 0 atom stereocenters. The predicted molar refractivity (Wildman–Crippen MR) is 62.0 cm³/mol. The van der Waals surface area contributed by atoms with Gasteiger partial charge in [-0.25, -0.2) is 9.97 Å². The fourth-order valence-electron chi connectivity index (χ4n) is 1.32. The van der Waals surface area contributed by atoms with Crippen LogP contribution in [0.25, 0.3) is 11.1 Å². The van der Waals surface area contributed by atoms with E-state index in [9.17, 15) is 0 Å². The topological polar surface area (TPSA) is 61.0 Å². The van der Waals surface area contributed by atoms with Gasteiger partial charge in [0.1, 0.15) is 6.61 Å². The third-order valence-electron chi connectivity index (χ3n) is 2.08. The standard InChI is InChI=1S/C12H13N3O/c13-6-7-16-12-14-8-11(9-15-12)10-4-2-1-3-5-10/h1-5,8-9H,6-7,13H2. The zero-order chi connectivity index (χ0) is 11.2. The summed E-state index contributed by atoms with van der Waals surface area (Å²) < 4.78 is 5.20. The van der Waals surface area contributed by atoms with Gasteiger partial charge in [-0.05, 0) is 5.56 Å². The number of nitrogens with zero attached hydrogens (tertiary/aromatic N) is 2. The Bertz CT molecular complexity index is 428. The Kier molecular flexibility index (Phi) is 3.46. The minimum atomic E-state index is 0.366. The molecule has 0 aliphatic rings. The average Bonchev–Trinajstić information content (AvgIpc) is 2.38. The second kappa shape index (κ2) is 5.23. The number of ether oxygens (including phenoxy) is 1. The second-order valence-corrected chi connectivity index (χ2v) is 3.26. The lowest BCUT2D eigenvalue weighted by Gasteiger charge is -2.03. The van der Waals surface area contributed by atoms with E-state index in [1.54, 1.807) is 12.4 Å². The first-order chi connectivity index (χ1) is 7.90. The predicted octanol–water partition coefficient (Wildman–Crippen LogP) is 1.48. The first-order valence-electron chi connectivity index (χ1n) is 5.10. The molecule has 82 valence electrons. The van der Waals surface area contributed by atoms with Crippen molar-refractivity contribution in [2.24, 2.45) is 5.73 Å². The summed E-state index contributed by atoms with van der Waals surface area (Å²) in [6.07, 6.45) is 3.49. The highest BCUT2D eigenvalue weighted by molar-refractivity contribution is 5.61. The number of nitrogens with two attached hydrogens (primary N) is 1. The van der Waals surface area contributed by atoms with Gasteiger partial charge in [-0.15, -0.1) is 0 Å². The summed E-state index contributed by atoms with van der Waals surface area (Å²) in [5.74, 6) is 0. The molecule has 1 aromatic heterocycles. The van der Waals surface area contributed by atoms with Crippen molar-refractivity contribution in [2.45, 2.75) is 0 Å². The summed E-state index contributed by atoms with van der Waals surface area (Å²) >= 11 is 0. The minimum absolute atomic E-state index is 0.366. The van der Waals surface area contributed by atoms with E-state index in [2.05, 4.69) is 9.97 Å². The molecule has 0 aliphatic heterocycles. The Morgan fingerprint density at radius 3 is 2.31 bits per heavy atom. The van der Waals surface area contributed by atoms with Crippen molar-refractivity contribution in [3.05, 3.63) is 42.7 Å². The van der Waals surface area contributed by atoms with Crippen molar-refractivity contribution in [1.29, 1.82) is 0 Å². The lowest BCUT2D eigenvalue weighted by Crippen LogP contribution is -2.11. The van der Waals surface area contributed by atoms with Crippen LogP contribution in [0.5, 0.6) is 6.01 Å². The van der Waals surface area contributed by atoms with Crippen molar-refractivity contribution >= 4 is 0 Å². The van der Waals surface area contributed by atoms with Gasteiger partial charge in [-0.3, -0.25) is 0 Å². The Balaban J connectivity index is 2.13. The molecule has 0 unspecified atom stereocenters. The fraction of sp³-hybridized carbons (Fsp3) is 0.167. The van der Waals surface area contributed by atoms with Crippen LogP contribution in [0, 0.1) is 0 Å². The van der Waals surface area contributed by atoms with Crippen molar-refractivity contribution < 1.29 is 4.74 Å². The molecule has 0 spiro atoms. The third kappa shape index (κ3) is 2.55. The summed E-state index contributed by atoms with van der Waals surface area (Å²) in [7, 11) is 0. The molecular formula is C12H13N3O. The van der Waals surface area contributed by atoms with E-state index in [1.807, 2.05) is 30.3 Å². The van der Waals surface area contributed by atoms with Crippen LogP contribution in [-0.2, 0) is 0 Å². The summed E-state index contributed by atoms with van der Waals surface area (Å²) in [5.41, 5.74) is 7.38. The summed E-state index contributed by atoms with van der Waals surface area (Å²) in [5, 5.41) is 0. The number of aromatic nitrogens is 2. The van der Waals surface area contributed by atoms with Gasteiger partial charge in [-0.1, -0.05) is 30.3 Å². The maximum atomic E-state index is 5.32. The minimum Gasteiger partial charge on any atom is -0.462 e. The van der Waals surface area contributed by atoms with Crippen molar-refractivity contribution in [1.82, 2.24) is 9.97 Å². The first kappa shape index (κ1) is 10.6. The van der Waals surface area contributed by atoms with Crippen LogP contribution in [0.2, 0.25) is 0 Å². The van der Waals surface area contributed by atoms with Gasteiger partial charge in [0.25, 0.3) is 0 Å². The molecule has 2 aromatic rings. The van der Waals surface area contributed by atoms with E-state index in [1.165, 1.54) is 0 Å². The third-order valence-corrected chi connectivity index (χ3v) is 2.08. The first-order valence-corrected chi connectivity index (χ1v) is 5.10. The lowest BCUT2D eigenvalue weighted by atomic mass is 10.1. The van der Waals surface area contributed by atoms with Crippen LogP contribution in [0.4, 0.5) is 0 Å². The molecule has 2 N–H and O–H groups in total. The summed E-state index contributed by atoms with van der Waals surface area (Å²) in [4.78, 5) is 8.21. The SMILES string of the molecule is NCCOc1ncc(-c2ccccc2)cn1. The number of hydrogen-bond donors (Lipinski definition) is 1. The van der Waals surface area contributed by atoms with Gasteiger partial charge in [0.15, 0.2) is 0 Å². The number of hydrogen-bond acceptors (Lipinski definition) is 4. The molecule has 0 amide bonds. The highest BCUT2D eigenvalue weighted by Gasteiger charge is 1.99. The lowest BCUT2D eigenvalue weighted by molar-refractivity contribution is 0.302. The molecule has 0 fully saturated rings. The molecule has 0 aliphatic carbocycles. The van der Waals surface area contributed by atoms with E-state index >= 15 is 0 Å². The monoisotopic (exact) mass is 215 g/mol. The van der Waals surface area contributed by atoms with E-state index in [4.69, 9.17) is 10.5 Å². The van der Waals surface area contributed by atoms with E-state index < -0.39 is 0 Å². The molecule has 0 bridgehead atoms. The molecule has 1 aromatic carbocycles. The van der Waals surface area contributed by atoms with Gasteiger partial charge in [0, 0.05) is 24.5 Å². The van der Waals surface area contributed by atoms with Gasteiger partial charge >= 0.3 is 6.01 Å². The Morgan fingerprint density at radius 2 is 1.69 bits per heavy atom. The molecule has 0 saturated carbocycles. The van der Waals surface area contributed by atoms with Gasteiger partial charge in [0.2, 0.25) is 0 Å². The molecule has 4 nitrogen and oxygen atoms in total. The van der Waals surface area contributed by atoms with E-state index in [0.29, 0.717) is 19.2 Å².